The maximum Gasteiger partial charge on any atom is 0.328 e. The highest BCUT2D eigenvalue weighted by atomic mass is 35.5. The number of ether oxygens (including phenoxy) is 1. The summed E-state index contributed by atoms with van der Waals surface area (Å²) in [5.74, 6) is -1.41. The van der Waals surface area contributed by atoms with E-state index in [9.17, 15) is 8.78 Å². The Hall–Kier alpha value is -2.02. The van der Waals surface area contributed by atoms with E-state index in [1.54, 1.807) is 0 Å². The molecule has 0 unspecified atom stereocenters. The summed E-state index contributed by atoms with van der Waals surface area (Å²) in [5.41, 5.74) is 0. The Morgan fingerprint density at radius 2 is 1.86 bits per heavy atom. The van der Waals surface area contributed by atoms with Gasteiger partial charge < -0.3 is 9.64 Å². The number of hydrogen-bond donors (Lipinski definition) is 0. The lowest BCUT2D eigenvalue weighted by atomic mass is 10.3. The summed E-state index contributed by atoms with van der Waals surface area (Å²) in [5, 5.41) is -0.0654. The highest BCUT2D eigenvalue weighted by Gasteiger charge is 2.13. The van der Waals surface area contributed by atoms with E-state index in [0.717, 1.165) is 12.1 Å². The third-order valence-corrected chi connectivity index (χ3v) is 2.89. The van der Waals surface area contributed by atoms with Gasteiger partial charge >= 0.3 is 6.01 Å². The third-order valence-electron chi connectivity index (χ3n) is 2.72. The van der Waals surface area contributed by atoms with Gasteiger partial charge in [0.25, 0.3) is 0 Å². The summed E-state index contributed by atoms with van der Waals surface area (Å²) < 4.78 is 31.6. The van der Waals surface area contributed by atoms with Crippen molar-refractivity contribution < 1.29 is 13.5 Å². The van der Waals surface area contributed by atoms with E-state index in [1.165, 1.54) is 0 Å². The van der Waals surface area contributed by atoms with E-state index in [0.29, 0.717) is 25.1 Å². The van der Waals surface area contributed by atoms with Crippen molar-refractivity contribution in [2.45, 2.75) is 13.8 Å². The average Bonchev–Trinajstić information content (AvgIpc) is 2.43. The predicted octanol–water partition coefficient (Wildman–Crippen LogP) is 3.44. The van der Waals surface area contributed by atoms with Crippen LogP contribution in [0.4, 0.5) is 14.7 Å². The van der Waals surface area contributed by atoms with Crippen LogP contribution in [0.15, 0.2) is 18.2 Å². The molecule has 0 aliphatic carbocycles. The zero-order chi connectivity index (χ0) is 15.4. The molecule has 0 bridgehead atoms. The van der Waals surface area contributed by atoms with Crippen molar-refractivity contribution >= 4 is 17.5 Å². The maximum absolute atomic E-state index is 13.5. The Labute approximate surface area is 125 Å². The minimum atomic E-state index is -0.851. The Morgan fingerprint density at radius 1 is 1.14 bits per heavy atom. The second-order valence-electron chi connectivity index (χ2n) is 4.04. The lowest BCUT2D eigenvalue weighted by Gasteiger charge is -2.18. The van der Waals surface area contributed by atoms with Crippen molar-refractivity contribution in [1.82, 2.24) is 15.0 Å². The molecule has 0 N–H and O–H groups in total. The van der Waals surface area contributed by atoms with Crippen molar-refractivity contribution in [3.63, 3.8) is 0 Å². The smallest absolute Gasteiger partial charge is 0.328 e. The summed E-state index contributed by atoms with van der Waals surface area (Å²) in [7, 11) is 0. The molecule has 0 fully saturated rings. The van der Waals surface area contributed by atoms with Gasteiger partial charge in [-0.1, -0.05) is 0 Å². The van der Waals surface area contributed by atoms with E-state index in [4.69, 9.17) is 16.3 Å². The van der Waals surface area contributed by atoms with Crippen LogP contribution >= 0.6 is 11.6 Å². The first-order chi connectivity index (χ1) is 10.0. The molecule has 2 rings (SSSR count). The van der Waals surface area contributed by atoms with Gasteiger partial charge in [0, 0.05) is 19.2 Å². The molecule has 0 spiro atoms. The Balaban J connectivity index is 2.31. The van der Waals surface area contributed by atoms with Crippen LogP contribution in [0, 0.1) is 11.6 Å². The summed E-state index contributed by atoms with van der Waals surface area (Å²) >= 11 is 5.82. The quantitative estimate of drug-likeness (QED) is 0.846. The molecule has 0 saturated heterocycles. The van der Waals surface area contributed by atoms with Crippen LogP contribution in [-0.2, 0) is 0 Å². The van der Waals surface area contributed by atoms with Gasteiger partial charge in [0.05, 0.1) is 0 Å². The van der Waals surface area contributed by atoms with Gasteiger partial charge in [-0.15, -0.1) is 0 Å². The number of halogens is 3. The van der Waals surface area contributed by atoms with E-state index in [1.807, 2.05) is 18.7 Å². The van der Waals surface area contributed by atoms with Gasteiger partial charge in [0.15, 0.2) is 11.6 Å². The summed E-state index contributed by atoms with van der Waals surface area (Å²) in [4.78, 5) is 13.7. The molecule has 0 saturated carbocycles. The van der Waals surface area contributed by atoms with E-state index < -0.39 is 11.6 Å². The fraction of sp³-hybridized carbons (Fsp3) is 0.308. The topological polar surface area (TPSA) is 51.1 Å². The monoisotopic (exact) mass is 314 g/mol. The van der Waals surface area contributed by atoms with Gasteiger partial charge in [0.1, 0.15) is 5.82 Å². The molecule has 1 aromatic carbocycles. The van der Waals surface area contributed by atoms with Gasteiger partial charge in [-0.3, -0.25) is 0 Å². The molecule has 112 valence electrons. The van der Waals surface area contributed by atoms with Crippen LogP contribution in [0.5, 0.6) is 11.8 Å². The van der Waals surface area contributed by atoms with Gasteiger partial charge in [-0.25, -0.2) is 8.78 Å². The number of nitrogens with zero attached hydrogens (tertiary/aromatic N) is 4. The third kappa shape index (κ3) is 3.75. The van der Waals surface area contributed by atoms with Gasteiger partial charge in [-0.2, -0.15) is 15.0 Å². The molecule has 8 heteroatoms. The molecule has 0 atom stereocenters. The molecule has 2 aromatic rings. The van der Waals surface area contributed by atoms with Crippen LogP contribution in [0.3, 0.4) is 0 Å². The van der Waals surface area contributed by atoms with Crippen LogP contribution in [0.25, 0.3) is 0 Å². The highest BCUT2D eigenvalue weighted by molar-refractivity contribution is 6.28. The van der Waals surface area contributed by atoms with Crippen molar-refractivity contribution in [2.24, 2.45) is 0 Å². The van der Waals surface area contributed by atoms with Crippen molar-refractivity contribution in [3.8, 4) is 11.8 Å². The van der Waals surface area contributed by atoms with Crippen molar-refractivity contribution in [3.05, 3.63) is 35.1 Å². The van der Waals surface area contributed by atoms with Crippen LogP contribution in [0.1, 0.15) is 13.8 Å². The molecular weight excluding hydrogens is 302 g/mol. The molecule has 0 aliphatic heterocycles. The molecule has 21 heavy (non-hydrogen) atoms. The Kier molecular flexibility index (Phi) is 4.85. The summed E-state index contributed by atoms with van der Waals surface area (Å²) in [6.07, 6.45) is 0. The highest BCUT2D eigenvalue weighted by Crippen LogP contribution is 2.24. The van der Waals surface area contributed by atoms with E-state index in [2.05, 4.69) is 15.0 Å². The fourth-order valence-electron chi connectivity index (χ4n) is 1.67. The molecule has 0 amide bonds. The summed E-state index contributed by atoms with van der Waals surface area (Å²) in [6, 6.07) is 2.79. The minimum absolute atomic E-state index is 0.0654. The molecule has 0 aliphatic rings. The van der Waals surface area contributed by atoms with Crippen molar-refractivity contribution in [2.75, 3.05) is 18.0 Å². The zero-order valence-electron chi connectivity index (χ0n) is 11.5. The zero-order valence-corrected chi connectivity index (χ0v) is 12.2. The molecule has 0 radical (unpaired) electrons. The van der Waals surface area contributed by atoms with E-state index in [-0.39, 0.29) is 17.0 Å². The summed E-state index contributed by atoms with van der Waals surface area (Å²) in [6.45, 7) is 5.20. The molecule has 1 heterocycles. The van der Waals surface area contributed by atoms with Gasteiger partial charge in [0.2, 0.25) is 11.2 Å². The van der Waals surface area contributed by atoms with Gasteiger partial charge in [-0.05, 0) is 37.6 Å². The predicted molar refractivity (Wildman–Crippen MR) is 74.8 cm³/mol. The first kappa shape index (κ1) is 15.4. The normalized spacial score (nSPS) is 10.5. The van der Waals surface area contributed by atoms with Crippen LogP contribution in [-0.4, -0.2) is 28.0 Å². The lowest BCUT2D eigenvalue weighted by molar-refractivity contribution is 0.406. The van der Waals surface area contributed by atoms with Crippen molar-refractivity contribution in [1.29, 1.82) is 0 Å². The molecule has 5 nitrogen and oxygen atoms in total. The Morgan fingerprint density at radius 3 is 2.48 bits per heavy atom. The first-order valence-corrected chi connectivity index (χ1v) is 6.70. The number of rotatable bonds is 5. The standard InChI is InChI=1S/C13H13ClF2N4O/c1-3-20(4-2)12-17-11(14)18-13(19-12)21-10-6-5-8(15)7-9(10)16/h5-7H,3-4H2,1-2H3. The second-order valence-corrected chi connectivity index (χ2v) is 4.37. The number of anilines is 1. The number of aromatic nitrogens is 3. The second kappa shape index (κ2) is 6.62. The average molecular weight is 315 g/mol. The first-order valence-electron chi connectivity index (χ1n) is 6.33. The Bertz CT molecular complexity index is 638. The van der Waals surface area contributed by atoms with Crippen LogP contribution < -0.4 is 9.64 Å². The fourth-order valence-corrected chi connectivity index (χ4v) is 1.82. The van der Waals surface area contributed by atoms with Crippen LogP contribution in [0.2, 0.25) is 5.28 Å². The number of benzene rings is 1. The maximum atomic E-state index is 13.5. The minimum Gasteiger partial charge on any atom is -0.421 e. The largest absolute Gasteiger partial charge is 0.421 e. The molecule has 1 aromatic heterocycles. The van der Waals surface area contributed by atoms with E-state index >= 15 is 0 Å². The lowest BCUT2D eigenvalue weighted by Crippen LogP contribution is -2.24. The SMILES string of the molecule is CCN(CC)c1nc(Cl)nc(Oc2ccc(F)cc2F)n1. The number of hydrogen-bond acceptors (Lipinski definition) is 5. The molecular formula is C13H13ClF2N4O.